The van der Waals surface area contributed by atoms with Gasteiger partial charge in [0.15, 0.2) is 0 Å². The summed E-state index contributed by atoms with van der Waals surface area (Å²) < 4.78 is 0. The van der Waals surface area contributed by atoms with Crippen molar-refractivity contribution in [1.29, 1.82) is 0 Å². The van der Waals surface area contributed by atoms with Crippen LogP contribution in [0.25, 0.3) is 22.3 Å². The zero-order valence-electron chi connectivity index (χ0n) is 33.1. The molecule has 0 unspecified atom stereocenters. The van der Waals surface area contributed by atoms with Crippen molar-refractivity contribution in [2.45, 2.75) is 47.3 Å². The predicted molar refractivity (Wildman–Crippen MR) is 243 cm³/mol. The third-order valence-corrected chi connectivity index (χ3v) is 16.3. The van der Waals surface area contributed by atoms with Gasteiger partial charge in [0.05, 0.1) is 0 Å². The zero-order valence-corrected chi connectivity index (χ0v) is 33.1. The molecule has 0 nitrogen and oxygen atoms in total. The maximum Gasteiger partial charge on any atom is -0.000544 e. The van der Waals surface area contributed by atoms with E-state index >= 15 is 0 Å². The minimum Gasteiger partial charge on any atom is -0.0619 e. The van der Waals surface area contributed by atoms with Gasteiger partial charge in [-0.15, -0.1) is 0 Å². The van der Waals surface area contributed by atoms with E-state index in [1.54, 1.807) is 0 Å². The summed E-state index contributed by atoms with van der Waals surface area (Å²) in [5, 5.41) is 0. The lowest BCUT2D eigenvalue weighted by Crippen LogP contribution is -2.40. The average molecular weight is 761 g/mol. The Morgan fingerprint density at radius 2 is 0.267 bits per heavy atom. The van der Waals surface area contributed by atoms with Gasteiger partial charge in [-0.2, -0.15) is 0 Å². The fourth-order valence-corrected chi connectivity index (χ4v) is 14.4. The number of rotatable bonds is 0. The maximum atomic E-state index is 2.50. The SMILES string of the molecule is c1ccc2c(c1)C1=C3c4ccccc4C4C(c5ccccc53)C3c5ccccc5C(=C5c6ccccc6C6C2C(c2ccccc21)C6c1ccccc15)c1ccccc1C43. The van der Waals surface area contributed by atoms with E-state index in [4.69, 9.17) is 0 Å². The fraction of sp³-hybridized carbons (Fsp3) is 0.133. The van der Waals surface area contributed by atoms with Gasteiger partial charge >= 0.3 is 0 Å². The minimum atomic E-state index is 0.309. The molecule has 0 aromatic heterocycles. The molecule has 18 rings (SSSR count). The van der Waals surface area contributed by atoms with Crippen LogP contribution in [0.5, 0.6) is 0 Å². The van der Waals surface area contributed by atoms with E-state index in [-0.39, 0.29) is 0 Å². The Hall–Kier alpha value is -6.76. The fourth-order valence-electron chi connectivity index (χ4n) is 14.4. The molecule has 0 atom stereocenters. The average Bonchev–Trinajstić information content (AvgIpc) is 3.55. The highest BCUT2D eigenvalue weighted by Crippen LogP contribution is 2.75. The van der Waals surface area contributed by atoms with Crippen LogP contribution in [0.3, 0.4) is 0 Å². The molecular formula is C60H40. The highest BCUT2D eigenvalue weighted by molar-refractivity contribution is 6.10. The van der Waals surface area contributed by atoms with Crippen molar-refractivity contribution >= 4 is 22.3 Å². The molecule has 0 saturated heterocycles. The smallest absolute Gasteiger partial charge is 0.000544 e. The van der Waals surface area contributed by atoms with Crippen molar-refractivity contribution < 1.29 is 0 Å². The first-order valence-corrected chi connectivity index (χ1v) is 22.1. The van der Waals surface area contributed by atoms with Crippen LogP contribution in [0.2, 0.25) is 0 Å². The molecule has 0 aliphatic heterocycles. The lowest BCUT2D eigenvalue weighted by atomic mass is 9.49. The van der Waals surface area contributed by atoms with Gasteiger partial charge in [0.25, 0.3) is 0 Å². The zero-order chi connectivity index (χ0) is 38.8. The number of hydrogen-bond acceptors (Lipinski definition) is 0. The number of hydrogen-bond donors (Lipinski definition) is 0. The molecule has 0 radical (unpaired) electrons. The number of benzene rings is 8. The van der Waals surface area contributed by atoms with Gasteiger partial charge in [-0.05, 0) is 159 Å². The first kappa shape index (κ1) is 32.1. The van der Waals surface area contributed by atoms with Crippen molar-refractivity contribution in [2.24, 2.45) is 0 Å². The van der Waals surface area contributed by atoms with E-state index in [9.17, 15) is 0 Å². The van der Waals surface area contributed by atoms with Gasteiger partial charge in [-0.1, -0.05) is 194 Å². The van der Waals surface area contributed by atoms with Gasteiger partial charge in [-0.25, -0.2) is 0 Å². The third kappa shape index (κ3) is 3.77. The summed E-state index contributed by atoms with van der Waals surface area (Å²) in [6.45, 7) is 0. The lowest BCUT2D eigenvalue weighted by molar-refractivity contribution is 0.230. The third-order valence-electron chi connectivity index (χ3n) is 16.3. The summed E-state index contributed by atoms with van der Waals surface area (Å²) in [6.07, 6.45) is 0. The summed E-state index contributed by atoms with van der Waals surface area (Å²) in [5.41, 5.74) is 28.8. The molecule has 10 aliphatic rings. The summed E-state index contributed by atoms with van der Waals surface area (Å²) >= 11 is 0. The highest BCUT2D eigenvalue weighted by Gasteiger charge is 2.60. The second-order valence-electron chi connectivity index (χ2n) is 18.4. The molecule has 280 valence electrons. The van der Waals surface area contributed by atoms with Crippen molar-refractivity contribution in [1.82, 2.24) is 0 Å². The highest BCUT2D eigenvalue weighted by atomic mass is 14.6. The Kier molecular flexibility index (Phi) is 6.16. The van der Waals surface area contributed by atoms with E-state index < -0.39 is 0 Å². The minimum absolute atomic E-state index is 0.309. The molecule has 8 aromatic rings. The first-order chi connectivity index (χ1) is 29.9. The van der Waals surface area contributed by atoms with Crippen LogP contribution in [0.15, 0.2) is 194 Å². The quantitative estimate of drug-likeness (QED) is 0.144. The summed E-state index contributed by atoms with van der Waals surface area (Å²) in [5.74, 6) is 2.47. The van der Waals surface area contributed by atoms with Gasteiger partial charge < -0.3 is 0 Å². The molecule has 2 saturated carbocycles. The molecule has 12 bridgehead atoms. The van der Waals surface area contributed by atoms with Gasteiger partial charge in [0, 0.05) is 0 Å². The van der Waals surface area contributed by atoms with Crippen molar-refractivity contribution in [3.63, 3.8) is 0 Å². The van der Waals surface area contributed by atoms with E-state index in [1.807, 2.05) is 0 Å². The van der Waals surface area contributed by atoms with Crippen LogP contribution in [0.1, 0.15) is 136 Å². The van der Waals surface area contributed by atoms with Crippen LogP contribution < -0.4 is 0 Å². The van der Waals surface area contributed by atoms with Crippen molar-refractivity contribution in [3.05, 3.63) is 283 Å². The molecule has 60 heavy (non-hydrogen) atoms. The Bertz CT molecular complexity index is 2610. The second-order valence-corrected chi connectivity index (χ2v) is 18.4. The predicted octanol–water partition coefficient (Wildman–Crippen LogP) is 14.2. The van der Waals surface area contributed by atoms with Crippen molar-refractivity contribution in [2.75, 3.05) is 0 Å². The molecule has 0 amide bonds. The standard InChI is InChI=1S/C60H40/c1-9-25-41-33(17-1)49-34-18-2-10-26-42(34)54-53(41)55-45-29-13-5-21-37(45)51(38-22-6-14-30-46(38)56(54)55)52-39-23-7-15-31-47(39)59-57-43-27-11-3-19-35(43)50(49)36-20-4-12-28-44(36)58(57)60(59)48-32-16-8-24-40(48)52/h1-32,53-60H. The summed E-state index contributed by atoms with van der Waals surface area (Å²) in [4.78, 5) is 0. The summed E-state index contributed by atoms with van der Waals surface area (Å²) in [6, 6.07) is 76.7. The molecule has 0 heteroatoms. The monoisotopic (exact) mass is 760 g/mol. The van der Waals surface area contributed by atoms with Crippen LogP contribution in [0.4, 0.5) is 0 Å². The Labute approximate surface area is 351 Å². The van der Waals surface area contributed by atoms with Crippen LogP contribution in [-0.4, -0.2) is 0 Å². The van der Waals surface area contributed by atoms with E-state index in [0.717, 1.165) is 0 Å². The van der Waals surface area contributed by atoms with Crippen molar-refractivity contribution in [3.8, 4) is 0 Å². The van der Waals surface area contributed by atoms with Crippen LogP contribution in [-0.2, 0) is 0 Å². The van der Waals surface area contributed by atoms with E-state index in [2.05, 4.69) is 194 Å². The molecular weight excluding hydrogens is 721 g/mol. The maximum absolute atomic E-state index is 2.50. The largest absolute Gasteiger partial charge is 0.0619 e. The molecule has 0 spiro atoms. The Balaban J connectivity index is 1.24. The first-order valence-electron chi connectivity index (χ1n) is 22.1. The Morgan fingerprint density at radius 3 is 0.400 bits per heavy atom. The van der Waals surface area contributed by atoms with Gasteiger partial charge in [0.2, 0.25) is 0 Å². The van der Waals surface area contributed by atoms with Gasteiger partial charge in [0.1, 0.15) is 0 Å². The normalized spacial score (nSPS) is 25.9. The van der Waals surface area contributed by atoms with Crippen LogP contribution in [0, 0.1) is 0 Å². The topological polar surface area (TPSA) is 0 Å². The van der Waals surface area contributed by atoms with E-state index in [0.29, 0.717) is 47.3 Å². The summed E-state index contributed by atoms with van der Waals surface area (Å²) in [7, 11) is 0. The molecule has 0 heterocycles. The lowest BCUT2D eigenvalue weighted by Gasteiger charge is -2.53. The molecule has 2 fully saturated rings. The second kappa shape index (κ2) is 11.5. The Morgan fingerprint density at radius 1 is 0.150 bits per heavy atom. The van der Waals surface area contributed by atoms with Crippen LogP contribution >= 0.6 is 0 Å². The molecule has 0 N–H and O–H groups in total. The molecule has 8 aromatic carbocycles. The van der Waals surface area contributed by atoms with Gasteiger partial charge in [-0.3, -0.25) is 0 Å². The van der Waals surface area contributed by atoms with E-state index in [1.165, 1.54) is 111 Å². The molecule has 10 aliphatic carbocycles.